The smallest absolute Gasteiger partial charge is 0.128 e. The molecule has 0 radical (unpaired) electrons. The van der Waals surface area contributed by atoms with Gasteiger partial charge in [0.25, 0.3) is 0 Å². The second-order valence-corrected chi connectivity index (χ2v) is 19.3. The first-order chi connectivity index (χ1) is 30.5. The number of anilines is 3. The summed E-state index contributed by atoms with van der Waals surface area (Å²) in [6.07, 6.45) is 8.68. The highest BCUT2D eigenvalue weighted by Crippen LogP contribution is 2.51. The Labute approximate surface area is 371 Å². The number of aromatic nitrogens is 1. The van der Waals surface area contributed by atoms with Crippen molar-refractivity contribution in [3.63, 3.8) is 0 Å². The zero-order valence-electron chi connectivity index (χ0n) is 36.9. The van der Waals surface area contributed by atoms with Crippen molar-refractivity contribution < 1.29 is 4.74 Å². The number of para-hydroxylation sites is 3. The molecule has 308 valence electrons. The molecule has 0 N–H and O–H groups in total. The average molecular weight is 817 g/mol. The lowest BCUT2D eigenvalue weighted by Crippen LogP contribution is -2.16. The van der Waals surface area contributed by atoms with Crippen molar-refractivity contribution in [3.8, 4) is 33.7 Å². The number of fused-ring (bicyclic) bond motifs is 7. The highest BCUT2D eigenvalue weighted by molar-refractivity contribution is 6.17. The maximum Gasteiger partial charge on any atom is 0.128 e. The summed E-state index contributed by atoms with van der Waals surface area (Å²) in [5.41, 5.74) is 15.4. The normalized spacial score (nSPS) is 15.8. The van der Waals surface area contributed by atoms with Gasteiger partial charge in [-0.2, -0.15) is 0 Å². The molecule has 2 aliphatic rings. The Morgan fingerprint density at radius 2 is 1.14 bits per heavy atom. The summed E-state index contributed by atoms with van der Waals surface area (Å²) >= 11 is 0. The summed E-state index contributed by atoms with van der Waals surface area (Å²) in [7, 11) is 0. The highest BCUT2D eigenvalue weighted by Gasteiger charge is 2.33. The Balaban J connectivity index is 1.19. The molecule has 0 saturated heterocycles. The van der Waals surface area contributed by atoms with Gasteiger partial charge in [-0.3, -0.25) is 0 Å². The van der Waals surface area contributed by atoms with E-state index in [0.717, 1.165) is 39.6 Å². The highest BCUT2D eigenvalue weighted by atomic mass is 16.5. The van der Waals surface area contributed by atoms with Gasteiger partial charge in [-0.1, -0.05) is 181 Å². The molecule has 2 unspecified atom stereocenters. The van der Waals surface area contributed by atoms with Crippen molar-refractivity contribution in [1.29, 1.82) is 0 Å². The molecule has 0 bridgehead atoms. The topological polar surface area (TPSA) is 17.4 Å². The largest absolute Gasteiger partial charge is 0.485 e. The van der Waals surface area contributed by atoms with Crippen LogP contribution in [0.2, 0.25) is 0 Å². The first kappa shape index (κ1) is 38.8. The van der Waals surface area contributed by atoms with E-state index < -0.39 is 0 Å². The summed E-state index contributed by atoms with van der Waals surface area (Å²) in [6, 6.07) is 63.0. The Morgan fingerprint density at radius 1 is 0.508 bits per heavy atom. The Hall–Kier alpha value is -7.10. The minimum Gasteiger partial charge on any atom is -0.485 e. The average Bonchev–Trinajstić information content (AvgIpc) is 3.84. The molecule has 3 heteroatoms. The molecule has 0 saturated carbocycles. The Kier molecular flexibility index (Phi) is 9.10. The summed E-state index contributed by atoms with van der Waals surface area (Å²) in [4.78, 5) is 2.48. The standard InChI is InChI=1S/C60H52N2O/c1-59(2,3)41-35-40(36-42(37-41)60(4,5)6)45-26-16-19-39-20-17-27-49(57(39)45)46-23-10-13-28-51(46)62(44-33-34-48-47-24-12-15-32-55(47)63-56(48)38-44)54-31-18-30-53-58(54)50-25-11-14-29-52(50)61(53)43-21-8-7-9-22-43/h7-38,47,55H,1-6H3. The summed E-state index contributed by atoms with van der Waals surface area (Å²) in [5.74, 6) is 1.14. The molecular weight excluding hydrogens is 765 g/mol. The maximum absolute atomic E-state index is 6.73. The van der Waals surface area contributed by atoms with Crippen LogP contribution >= 0.6 is 0 Å². The number of rotatable bonds is 6. The molecule has 2 atom stereocenters. The zero-order valence-corrected chi connectivity index (χ0v) is 36.9. The van der Waals surface area contributed by atoms with Crippen LogP contribution in [0.1, 0.15) is 64.2 Å². The van der Waals surface area contributed by atoms with Crippen LogP contribution in [0.3, 0.4) is 0 Å². The number of hydrogen-bond acceptors (Lipinski definition) is 2. The fourth-order valence-corrected chi connectivity index (χ4v) is 9.97. The molecule has 1 aromatic heterocycles. The molecule has 1 aliphatic carbocycles. The monoisotopic (exact) mass is 816 g/mol. The van der Waals surface area contributed by atoms with Crippen LogP contribution in [0.15, 0.2) is 194 Å². The van der Waals surface area contributed by atoms with E-state index in [2.05, 4.69) is 245 Å². The number of benzene rings is 8. The number of ether oxygens (including phenoxy) is 1. The Morgan fingerprint density at radius 3 is 1.92 bits per heavy atom. The molecule has 8 aromatic carbocycles. The molecule has 11 rings (SSSR count). The summed E-state index contributed by atoms with van der Waals surface area (Å²) < 4.78 is 9.13. The minimum atomic E-state index is -0.00882. The van der Waals surface area contributed by atoms with E-state index in [0.29, 0.717) is 0 Å². The maximum atomic E-state index is 6.73. The first-order valence-electron chi connectivity index (χ1n) is 22.3. The van der Waals surface area contributed by atoms with Crippen LogP contribution in [-0.4, -0.2) is 10.7 Å². The van der Waals surface area contributed by atoms with Crippen LogP contribution in [0.25, 0.3) is 60.5 Å². The minimum absolute atomic E-state index is 0.00189. The predicted octanol–water partition coefficient (Wildman–Crippen LogP) is 16.3. The fourth-order valence-electron chi connectivity index (χ4n) is 9.97. The SMILES string of the molecule is CC(C)(C)c1cc(-c2cccc3cccc(-c4ccccc4N(c4ccc5c(c4)OC4C=CC=CC54)c4cccc5c4c4ccccc4n5-c4ccccc4)c23)cc(C(C)(C)C)c1. The van der Waals surface area contributed by atoms with Gasteiger partial charge in [0, 0.05) is 45.3 Å². The number of hydrogen-bond donors (Lipinski definition) is 0. The molecule has 0 amide bonds. The molecule has 0 spiro atoms. The van der Waals surface area contributed by atoms with Gasteiger partial charge in [-0.25, -0.2) is 0 Å². The third-order valence-corrected chi connectivity index (χ3v) is 13.2. The summed E-state index contributed by atoms with van der Waals surface area (Å²) in [5, 5.41) is 4.86. The van der Waals surface area contributed by atoms with Crippen LogP contribution < -0.4 is 9.64 Å². The first-order valence-corrected chi connectivity index (χ1v) is 22.3. The third kappa shape index (κ3) is 6.57. The van der Waals surface area contributed by atoms with E-state index in [1.165, 1.54) is 60.4 Å². The molecule has 2 heterocycles. The van der Waals surface area contributed by atoms with Crippen molar-refractivity contribution in [2.24, 2.45) is 0 Å². The lowest BCUT2D eigenvalue weighted by Gasteiger charge is -2.29. The van der Waals surface area contributed by atoms with Crippen molar-refractivity contribution in [2.75, 3.05) is 4.90 Å². The van der Waals surface area contributed by atoms with Gasteiger partial charge >= 0.3 is 0 Å². The van der Waals surface area contributed by atoms with Crippen LogP contribution in [0.5, 0.6) is 5.75 Å². The van der Waals surface area contributed by atoms with Crippen molar-refractivity contribution in [3.05, 3.63) is 211 Å². The van der Waals surface area contributed by atoms with Crippen LogP contribution in [0, 0.1) is 0 Å². The lowest BCUT2D eigenvalue weighted by molar-refractivity contribution is 0.269. The number of allylic oxidation sites excluding steroid dienone is 2. The predicted molar refractivity (Wildman–Crippen MR) is 267 cm³/mol. The third-order valence-electron chi connectivity index (χ3n) is 13.2. The second-order valence-electron chi connectivity index (χ2n) is 19.3. The zero-order chi connectivity index (χ0) is 43.0. The molecular formula is C60H52N2O. The van der Waals surface area contributed by atoms with E-state index in [1.54, 1.807) is 0 Å². The fraction of sp³-hybridized carbons (Fsp3) is 0.167. The summed E-state index contributed by atoms with van der Waals surface area (Å²) in [6.45, 7) is 13.9. The quantitative estimate of drug-likeness (QED) is 0.166. The van der Waals surface area contributed by atoms with E-state index in [4.69, 9.17) is 4.74 Å². The molecule has 9 aromatic rings. The van der Waals surface area contributed by atoms with E-state index in [-0.39, 0.29) is 22.9 Å². The lowest BCUT2D eigenvalue weighted by atomic mass is 9.78. The van der Waals surface area contributed by atoms with Gasteiger partial charge in [0.05, 0.1) is 22.4 Å². The molecule has 3 nitrogen and oxygen atoms in total. The second kappa shape index (κ2) is 14.8. The van der Waals surface area contributed by atoms with Gasteiger partial charge in [0.2, 0.25) is 0 Å². The van der Waals surface area contributed by atoms with Crippen molar-refractivity contribution in [1.82, 2.24) is 4.57 Å². The van der Waals surface area contributed by atoms with Crippen molar-refractivity contribution in [2.45, 2.75) is 64.4 Å². The molecule has 63 heavy (non-hydrogen) atoms. The molecule has 1 aliphatic heterocycles. The van der Waals surface area contributed by atoms with Crippen LogP contribution in [0.4, 0.5) is 17.1 Å². The van der Waals surface area contributed by atoms with Crippen molar-refractivity contribution >= 4 is 49.6 Å². The van der Waals surface area contributed by atoms with Gasteiger partial charge in [-0.15, -0.1) is 0 Å². The van der Waals surface area contributed by atoms with Gasteiger partial charge in [0.15, 0.2) is 0 Å². The van der Waals surface area contributed by atoms with Crippen LogP contribution in [-0.2, 0) is 10.8 Å². The van der Waals surface area contributed by atoms with E-state index in [9.17, 15) is 0 Å². The van der Waals surface area contributed by atoms with Gasteiger partial charge < -0.3 is 14.2 Å². The molecule has 0 fully saturated rings. The Bertz CT molecular complexity index is 3260. The van der Waals surface area contributed by atoms with E-state index in [1.807, 2.05) is 0 Å². The number of nitrogens with zero attached hydrogens (tertiary/aromatic N) is 2. The van der Waals surface area contributed by atoms with Gasteiger partial charge in [0.1, 0.15) is 11.9 Å². The van der Waals surface area contributed by atoms with E-state index >= 15 is 0 Å². The van der Waals surface area contributed by atoms with Gasteiger partial charge in [-0.05, 0) is 98.0 Å².